The maximum absolute atomic E-state index is 11.7. The molecule has 0 spiro atoms. The van der Waals surface area contributed by atoms with E-state index in [2.05, 4.69) is 20.5 Å². The third-order valence-electron chi connectivity index (χ3n) is 2.01. The highest BCUT2D eigenvalue weighted by Crippen LogP contribution is 2.07. The highest BCUT2D eigenvalue weighted by atomic mass is 16.5. The summed E-state index contributed by atoms with van der Waals surface area (Å²) in [5, 5.41) is 8.94. The van der Waals surface area contributed by atoms with Crippen molar-refractivity contribution >= 4 is 11.9 Å². The minimum Gasteiger partial charge on any atom is -0.463 e. The van der Waals surface area contributed by atoms with Crippen molar-refractivity contribution in [3.05, 3.63) is 35.9 Å². The number of hydrogen-bond acceptors (Lipinski definition) is 4. The van der Waals surface area contributed by atoms with Crippen LogP contribution in [0.5, 0.6) is 6.01 Å². The molecule has 2 rings (SSSR count). The van der Waals surface area contributed by atoms with Crippen LogP contribution in [0.25, 0.3) is 0 Å². The van der Waals surface area contributed by atoms with E-state index in [0.29, 0.717) is 12.2 Å². The molecule has 0 atom stereocenters. The molecule has 0 radical (unpaired) electrons. The smallest absolute Gasteiger partial charge is 0.337 e. The number of hydrogen-bond donors (Lipinski definition) is 2. The van der Waals surface area contributed by atoms with E-state index in [0.717, 1.165) is 0 Å². The topological polar surface area (TPSA) is 79.9 Å². The van der Waals surface area contributed by atoms with Gasteiger partial charge in [0.25, 0.3) is 5.91 Å². The Balaban J connectivity index is 2.03. The maximum atomic E-state index is 11.7. The molecule has 0 unspecified atom stereocenters. The summed E-state index contributed by atoms with van der Waals surface area (Å²) in [4.78, 5) is 15.7. The van der Waals surface area contributed by atoms with Crippen molar-refractivity contribution < 1.29 is 9.53 Å². The number of carbonyl (C=O) groups is 1. The number of nitrogens with one attached hydrogen (secondary N) is 2. The van der Waals surface area contributed by atoms with Gasteiger partial charge in [0.05, 0.1) is 6.61 Å². The van der Waals surface area contributed by atoms with Gasteiger partial charge >= 0.3 is 6.01 Å². The first-order valence-corrected chi connectivity index (χ1v) is 5.21. The zero-order valence-corrected chi connectivity index (χ0v) is 9.30. The van der Waals surface area contributed by atoms with Crippen molar-refractivity contribution in [1.82, 2.24) is 15.2 Å². The minimum absolute atomic E-state index is 0.218. The predicted molar refractivity (Wildman–Crippen MR) is 61.9 cm³/mol. The van der Waals surface area contributed by atoms with E-state index in [1.54, 1.807) is 24.3 Å². The monoisotopic (exact) mass is 232 g/mol. The Morgan fingerprint density at radius 2 is 2.18 bits per heavy atom. The van der Waals surface area contributed by atoms with Crippen LogP contribution in [0.3, 0.4) is 0 Å². The molecule has 0 aliphatic heterocycles. The van der Waals surface area contributed by atoms with E-state index >= 15 is 0 Å². The molecule has 0 saturated carbocycles. The van der Waals surface area contributed by atoms with Crippen molar-refractivity contribution in [1.29, 1.82) is 0 Å². The fraction of sp³-hybridized carbons (Fsp3) is 0.182. The summed E-state index contributed by atoms with van der Waals surface area (Å²) in [7, 11) is 0. The van der Waals surface area contributed by atoms with E-state index in [9.17, 15) is 4.79 Å². The van der Waals surface area contributed by atoms with E-state index in [1.807, 2.05) is 13.0 Å². The number of rotatable bonds is 4. The Morgan fingerprint density at radius 1 is 1.41 bits per heavy atom. The number of H-pyrrole nitrogens is 1. The van der Waals surface area contributed by atoms with Crippen molar-refractivity contribution in [3.8, 4) is 6.01 Å². The Bertz CT molecular complexity index is 495. The Hall–Kier alpha value is -2.37. The largest absolute Gasteiger partial charge is 0.463 e. The normalized spacial score (nSPS) is 9.94. The SMILES string of the molecule is CCOc1n[nH]c(NC(=O)c2ccccc2)n1. The van der Waals surface area contributed by atoms with E-state index in [4.69, 9.17) is 4.74 Å². The first kappa shape index (κ1) is 11.1. The number of nitrogens with zero attached hydrogens (tertiary/aromatic N) is 2. The van der Waals surface area contributed by atoms with E-state index < -0.39 is 0 Å². The molecule has 1 aromatic heterocycles. The second-order valence-electron chi connectivity index (χ2n) is 3.22. The molecule has 1 amide bonds. The maximum Gasteiger partial charge on any atom is 0.337 e. The number of amides is 1. The highest BCUT2D eigenvalue weighted by molar-refractivity contribution is 6.03. The average Bonchev–Trinajstić information content (AvgIpc) is 2.78. The van der Waals surface area contributed by atoms with Crippen molar-refractivity contribution in [2.75, 3.05) is 11.9 Å². The number of carbonyl (C=O) groups excluding carboxylic acids is 1. The summed E-state index contributed by atoms with van der Waals surface area (Å²) in [6, 6.07) is 9.08. The zero-order chi connectivity index (χ0) is 12.1. The number of ether oxygens (including phenoxy) is 1. The molecular weight excluding hydrogens is 220 g/mol. The van der Waals surface area contributed by atoms with Crippen LogP contribution in [0.2, 0.25) is 0 Å². The molecule has 0 fully saturated rings. The highest BCUT2D eigenvalue weighted by Gasteiger charge is 2.08. The van der Waals surface area contributed by atoms with Gasteiger partial charge in [-0.25, -0.2) is 5.10 Å². The number of aromatic nitrogens is 3. The lowest BCUT2D eigenvalue weighted by atomic mass is 10.2. The quantitative estimate of drug-likeness (QED) is 0.836. The minimum atomic E-state index is -0.246. The van der Waals surface area contributed by atoms with Crippen molar-refractivity contribution in [2.24, 2.45) is 0 Å². The number of benzene rings is 1. The molecule has 17 heavy (non-hydrogen) atoms. The van der Waals surface area contributed by atoms with Gasteiger partial charge in [0.15, 0.2) is 0 Å². The molecular formula is C11H12N4O2. The average molecular weight is 232 g/mol. The lowest BCUT2D eigenvalue weighted by Gasteiger charge is -2.00. The molecule has 1 heterocycles. The van der Waals surface area contributed by atoms with Crippen LogP contribution < -0.4 is 10.1 Å². The molecule has 1 aromatic carbocycles. The summed E-state index contributed by atoms with van der Waals surface area (Å²) in [5.74, 6) is 0.0205. The molecule has 0 aliphatic carbocycles. The first-order valence-electron chi connectivity index (χ1n) is 5.21. The molecule has 0 bridgehead atoms. The zero-order valence-electron chi connectivity index (χ0n) is 9.30. The van der Waals surface area contributed by atoms with Crippen LogP contribution in [0.4, 0.5) is 5.95 Å². The molecule has 2 aromatic rings. The van der Waals surface area contributed by atoms with E-state index in [1.165, 1.54) is 0 Å². The van der Waals surface area contributed by atoms with Crippen LogP contribution in [0.1, 0.15) is 17.3 Å². The van der Waals surface area contributed by atoms with Crippen LogP contribution in [-0.4, -0.2) is 27.7 Å². The number of aromatic amines is 1. The van der Waals surface area contributed by atoms with Gasteiger partial charge < -0.3 is 4.74 Å². The predicted octanol–water partition coefficient (Wildman–Crippen LogP) is 1.46. The van der Waals surface area contributed by atoms with Gasteiger partial charge in [0.2, 0.25) is 5.95 Å². The summed E-state index contributed by atoms with van der Waals surface area (Å²) < 4.78 is 5.07. The molecule has 88 valence electrons. The summed E-state index contributed by atoms with van der Waals surface area (Å²) in [6.07, 6.45) is 0. The third kappa shape index (κ3) is 2.81. The summed E-state index contributed by atoms with van der Waals surface area (Å²) in [6.45, 7) is 2.31. The second kappa shape index (κ2) is 5.11. The Morgan fingerprint density at radius 3 is 2.88 bits per heavy atom. The van der Waals surface area contributed by atoms with Gasteiger partial charge in [-0.3, -0.25) is 10.1 Å². The lowest BCUT2D eigenvalue weighted by Crippen LogP contribution is -2.12. The number of anilines is 1. The molecule has 6 nitrogen and oxygen atoms in total. The lowest BCUT2D eigenvalue weighted by molar-refractivity contribution is 0.102. The van der Waals surface area contributed by atoms with Gasteiger partial charge in [-0.05, 0) is 19.1 Å². The molecule has 0 saturated heterocycles. The Labute approximate surface area is 98.0 Å². The molecule has 0 aliphatic rings. The standard InChI is InChI=1S/C11H12N4O2/c1-2-17-11-13-10(14-15-11)12-9(16)8-6-4-3-5-7-8/h3-7H,2H2,1H3,(H2,12,13,14,15,16). The second-order valence-corrected chi connectivity index (χ2v) is 3.22. The van der Waals surface area contributed by atoms with Crippen LogP contribution in [-0.2, 0) is 0 Å². The molecule has 6 heteroatoms. The van der Waals surface area contributed by atoms with E-state index in [-0.39, 0.29) is 17.9 Å². The van der Waals surface area contributed by atoms with Crippen molar-refractivity contribution in [3.63, 3.8) is 0 Å². The van der Waals surface area contributed by atoms with Crippen LogP contribution >= 0.6 is 0 Å². The molecule has 2 N–H and O–H groups in total. The van der Waals surface area contributed by atoms with Crippen LogP contribution in [0, 0.1) is 0 Å². The van der Waals surface area contributed by atoms with Crippen LogP contribution in [0.15, 0.2) is 30.3 Å². The first-order chi connectivity index (χ1) is 8.29. The fourth-order valence-electron chi connectivity index (χ4n) is 1.27. The Kier molecular flexibility index (Phi) is 3.34. The summed E-state index contributed by atoms with van der Waals surface area (Å²) in [5.41, 5.74) is 0.557. The van der Waals surface area contributed by atoms with Gasteiger partial charge in [0.1, 0.15) is 0 Å². The third-order valence-corrected chi connectivity index (χ3v) is 2.01. The van der Waals surface area contributed by atoms with Gasteiger partial charge in [-0.2, -0.15) is 4.98 Å². The van der Waals surface area contributed by atoms with Gasteiger partial charge in [-0.15, -0.1) is 5.10 Å². The van der Waals surface area contributed by atoms with Gasteiger partial charge in [0, 0.05) is 5.56 Å². The summed E-state index contributed by atoms with van der Waals surface area (Å²) >= 11 is 0. The van der Waals surface area contributed by atoms with Crippen molar-refractivity contribution in [2.45, 2.75) is 6.92 Å². The van der Waals surface area contributed by atoms with Gasteiger partial charge in [-0.1, -0.05) is 18.2 Å². The fourth-order valence-corrected chi connectivity index (χ4v) is 1.27.